The van der Waals surface area contributed by atoms with Crippen molar-refractivity contribution in [2.45, 2.75) is 90.4 Å². The van der Waals surface area contributed by atoms with E-state index in [1.807, 2.05) is 0 Å². The summed E-state index contributed by atoms with van der Waals surface area (Å²) in [5.74, 6) is 0.975. The van der Waals surface area contributed by atoms with Crippen molar-refractivity contribution in [2.24, 2.45) is 5.92 Å². The van der Waals surface area contributed by atoms with Gasteiger partial charge in [-0.2, -0.15) is 0 Å². The van der Waals surface area contributed by atoms with Crippen molar-refractivity contribution in [1.29, 1.82) is 0 Å². The summed E-state index contributed by atoms with van der Waals surface area (Å²) in [6.07, 6.45) is 23.4. The molecule has 0 aromatic carbocycles. The van der Waals surface area contributed by atoms with E-state index in [2.05, 4.69) is 19.1 Å². The summed E-state index contributed by atoms with van der Waals surface area (Å²) in [5, 5.41) is 0. The lowest BCUT2D eigenvalue weighted by molar-refractivity contribution is 0.433. The van der Waals surface area contributed by atoms with Gasteiger partial charge in [0.05, 0.1) is 0 Å². The van der Waals surface area contributed by atoms with Gasteiger partial charge in [0.15, 0.2) is 0 Å². The van der Waals surface area contributed by atoms with Crippen LogP contribution in [0.3, 0.4) is 0 Å². The average molecular weight is 236 g/mol. The van der Waals surface area contributed by atoms with Crippen molar-refractivity contribution in [3.8, 4) is 0 Å². The standard InChI is InChI=1S/C17H32/c1-17-15-13-11-9-7-5-3-2-4-6-8-10-12-14-16-17/h2-3,17H,4-16H2,1H3. The van der Waals surface area contributed by atoms with Gasteiger partial charge in [0, 0.05) is 0 Å². The quantitative estimate of drug-likeness (QED) is 0.435. The molecule has 0 spiro atoms. The summed E-state index contributed by atoms with van der Waals surface area (Å²) in [4.78, 5) is 0. The molecule has 0 N–H and O–H groups in total. The van der Waals surface area contributed by atoms with Crippen LogP contribution in [-0.2, 0) is 0 Å². The fourth-order valence-electron chi connectivity index (χ4n) is 2.77. The second-order valence-electron chi connectivity index (χ2n) is 5.91. The average Bonchev–Trinajstić information content (AvgIpc) is 2.32. The Kier molecular flexibility index (Phi) is 9.46. The molecule has 100 valence electrons. The maximum absolute atomic E-state index is 2.45. The Balaban J connectivity index is 2.16. The number of rotatable bonds is 0. The van der Waals surface area contributed by atoms with Crippen molar-refractivity contribution >= 4 is 0 Å². The van der Waals surface area contributed by atoms with E-state index >= 15 is 0 Å². The molecule has 0 heteroatoms. The molecule has 0 radical (unpaired) electrons. The smallest absolute Gasteiger partial charge is 0.0351 e. The molecule has 0 nitrogen and oxygen atoms in total. The first kappa shape index (κ1) is 14.8. The Hall–Kier alpha value is -0.260. The molecule has 0 fully saturated rings. The van der Waals surface area contributed by atoms with Crippen LogP contribution < -0.4 is 0 Å². The maximum atomic E-state index is 2.45. The van der Waals surface area contributed by atoms with Gasteiger partial charge in [-0.3, -0.25) is 0 Å². The van der Waals surface area contributed by atoms with E-state index in [0.717, 1.165) is 5.92 Å². The van der Waals surface area contributed by atoms with Gasteiger partial charge in [0.1, 0.15) is 0 Å². The first-order chi connectivity index (χ1) is 8.39. The Morgan fingerprint density at radius 1 is 0.588 bits per heavy atom. The zero-order valence-corrected chi connectivity index (χ0v) is 11.9. The van der Waals surface area contributed by atoms with E-state index in [0.29, 0.717) is 0 Å². The minimum atomic E-state index is 0.975. The van der Waals surface area contributed by atoms with Gasteiger partial charge < -0.3 is 0 Å². The third-order valence-electron chi connectivity index (χ3n) is 4.05. The molecule has 0 aliphatic heterocycles. The lowest BCUT2D eigenvalue weighted by Crippen LogP contribution is -1.95. The van der Waals surface area contributed by atoms with E-state index in [4.69, 9.17) is 0 Å². The molecule has 0 amide bonds. The normalized spacial score (nSPS) is 26.8. The van der Waals surface area contributed by atoms with Crippen LogP contribution in [0.15, 0.2) is 12.2 Å². The molecule has 0 aromatic rings. The van der Waals surface area contributed by atoms with Crippen molar-refractivity contribution in [3.63, 3.8) is 0 Å². The highest BCUT2D eigenvalue weighted by atomic mass is 14.1. The molecular weight excluding hydrogens is 204 g/mol. The second kappa shape index (κ2) is 10.9. The summed E-state index contributed by atoms with van der Waals surface area (Å²) in [5.41, 5.74) is 0. The fourth-order valence-corrected chi connectivity index (χ4v) is 2.77. The number of hydrogen-bond acceptors (Lipinski definition) is 0. The molecule has 0 saturated carbocycles. The number of allylic oxidation sites excluding steroid dienone is 2. The van der Waals surface area contributed by atoms with Crippen LogP contribution in [0, 0.1) is 5.92 Å². The predicted octanol–water partition coefficient (Wildman–Crippen LogP) is 6.26. The van der Waals surface area contributed by atoms with E-state index in [-0.39, 0.29) is 0 Å². The summed E-state index contributed by atoms with van der Waals surface area (Å²) >= 11 is 0. The van der Waals surface area contributed by atoms with Gasteiger partial charge in [-0.1, -0.05) is 76.9 Å². The van der Waals surface area contributed by atoms with Crippen LogP contribution in [0.5, 0.6) is 0 Å². The van der Waals surface area contributed by atoms with Crippen molar-refractivity contribution < 1.29 is 0 Å². The third-order valence-corrected chi connectivity index (χ3v) is 4.05. The van der Waals surface area contributed by atoms with Crippen LogP contribution in [0.1, 0.15) is 90.4 Å². The Labute approximate surface area is 109 Å². The van der Waals surface area contributed by atoms with Gasteiger partial charge >= 0.3 is 0 Å². The molecule has 1 aliphatic carbocycles. The summed E-state index contributed by atoms with van der Waals surface area (Å²) in [6.45, 7) is 2.45. The number of hydrogen-bond donors (Lipinski definition) is 0. The molecular formula is C17H32. The zero-order valence-electron chi connectivity index (χ0n) is 11.9. The maximum Gasteiger partial charge on any atom is -0.0351 e. The predicted molar refractivity (Wildman–Crippen MR) is 78.3 cm³/mol. The van der Waals surface area contributed by atoms with E-state index in [1.54, 1.807) is 0 Å². The molecule has 0 bridgehead atoms. The second-order valence-corrected chi connectivity index (χ2v) is 5.91. The van der Waals surface area contributed by atoms with Crippen LogP contribution in [0.4, 0.5) is 0 Å². The van der Waals surface area contributed by atoms with Gasteiger partial charge in [0.2, 0.25) is 0 Å². The van der Waals surface area contributed by atoms with Crippen LogP contribution in [-0.4, -0.2) is 0 Å². The summed E-state index contributed by atoms with van der Waals surface area (Å²) in [7, 11) is 0. The molecule has 1 atom stereocenters. The third kappa shape index (κ3) is 9.44. The minimum Gasteiger partial charge on any atom is -0.0885 e. The van der Waals surface area contributed by atoms with E-state index in [1.165, 1.54) is 83.5 Å². The molecule has 0 heterocycles. The zero-order chi connectivity index (χ0) is 12.2. The van der Waals surface area contributed by atoms with Crippen LogP contribution >= 0.6 is 0 Å². The van der Waals surface area contributed by atoms with Crippen LogP contribution in [0.2, 0.25) is 0 Å². The lowest BCUT2D eigenvalue weighted by atomic mass is 9.95. The lowest BCUT2D eigenvalue weighted by Gasteiger charge is -2.11. The van der Waals surface area contributed by atoms with Crippen LogP contribution in [0.25, 0.3) is 0 Å². The monoisotopic (exact) mass is 236 g/mol. The Morgan fingerprint density at radius 3 is 1.53 bits per heavy atom. The van der Waals surface area contributed by atoms with Gasteiger partial charge in [0.25, 0.3) is 0 Å². The largest absolute Gasteiger partial charge is 0.0885 e. The minimum absolute atomic E-state index is 0.975. The molecule has 1 aliphatic rings. The van der Waals surface area contributed by atoms with Crippen molar-refractivity contribution in [3.05, 3.63) is 12.2 Å². The van der Waals surface area contributed by atoms with E-state index < -0.39 is 0 Å². The van der Waals surface area contributed by atoms with Crippen molar-refractivity contribution in [1.82, 2.24) is 0 Å². The molecule has 17 heavy (non-hydrogen) atoms. The molecule has 0 aromatic heterocycles. The van der Waals surface area contributed by atoms with Gasteiger partial charge in [-0.05, 0) is 31.6 Å². The van der Waals surface area contributed by atoms with Crippen molar-refractivity contribution in [2.75, 3.05) is 0 Å². The van der Waals surface area contributed by atoms with Gasteiger partial charge in [-0.25, -0.2) is 0 Å². The highest BCUT2D eigenvalue weighted by Gasteiger charge is 2.02. The fraction of sp³-hybridized carbons (Fsp3) is 0.882. The highest BCUT2D eigenvalue weighted by Crippen LogP contribution is 2.18. The summed E-state index contributed by atoms with van der Waals surface area (Å²) < 4.78 is 0. The van der Waals surface area contributed by atoms with E-state index in [9.17, 15) is 0 Å². The SMILES string of the molecule is CC1CCCCCCC=CCCCCCCC1. The Bertz CT molecular complexity index is 180. The molecule has 1 unspecified atom stereocenters. The Morgan fingerprint density at radius 2 is 1.00 bits per heavy atom. The first-order valence-electron chi connectivity index (χ1n) is 8.04. The summed E-state index contributed by atoms with van der Waals surface area (Å²) in [6, 6.07) is 0. The van der Waals surface area contributed by atoms with Gasteiger partial charge in [-0.15, -0.1) is 0 Å². The topological polar surface area (TPSA) is 0 Å². The highest BCUT2D eigenvalue weighted by molar-refractivity contribution is 4.81. The molecule has 1 rings (SSSR count). The molecule has 0 saturated heterocycles. The first-order valence-corrected chi connectivity index (χ1v) is 8.04.